The van der Waals surface area contributed by atoms with E-state index in [9.17, 15) is 19.5 Å². The summed E-state index contributed by atoms with van der Waals surface area (Å²) in [5.74, 6) is -1.15. The van der Waals surface area contributed by atoms with Crippen molar-refractivity contribution in [2.45, 2.75) is 32.6 Å². The first-order valence-electron chi connectivity index (χ1n) is 6.86. The SMILES string of the molecule is CC1CCC(CNC(=O)CNC(=O)CN)(C(=O)O)CC1. The summed E-state index contributed by atoms with van der Waals surface area (Å²) in [7, 11) is 0. The summed E-state index contributed by atoms with van der Waals surface area (Å²) in [4.78, 5) is 34.0. The lowest BCUT2D eigenvalue weighted by Crippen LogP contribution is -2.47. The fourth-order valence-electron chi connectivity index (χ4n) is 2.36. The summed E-state index contributed by atoms with van der Waals surface area (Å²) < 4.78 is 0. The largest absolute Gasteiger partial charge is 0.481 e. The second-order valence-electron chi connectivity index (χ2n) is 5.53. The highest BCUT2D eigenvalue weighted by Crippen LogP contribution is 2.38. The lowest BCUT2D eigenvalue weighted by molar-refractivity contribution is -0.151. The fourth-order valence-corrected chi connectivity index (χ4v) is 2.36. The molecule has 0 aliphatic heterocycles. The molecule has 1 aliphatic carbocycles. The molecule has 0 aromatic rings. The fraction of sp³-hybridized carbons (Fsp3) is 0.769. The molecule has 1 aliphatic rings. The number of nitrogens with one attached hydrogen (secondary N) is 2. The second-order valence-corrected chi connectivity index (χ2v) is 5.53. The van der Waals surface area contributed by atoms with Crippen molar-refractivity contribution in [3.63, 3.8) is 0 Å². The van der Waals surface area contributed by atoms with E-state index in [0.29, 0.717) is 18.8 Å². The van der Waals surface area contributed by atoms with E-state index in [1.807, 2.05) is 0 Å². The van der Waals surface area contributed by atoms with E-state index in [1.165, 1.54) is 0 Å². The van der Waals surface area contributed by atoms with E-state index in [0.717, 1.165) is 12.8 Å². The molecule has 1 fully saturated rings. The normalized spacial score (nSPS) is 25.8. The van der Waals surface area contributed by atoms with Gasteiger partial charge in [0.05, 0.1) is 18.5 Å². The van der Waals surface area contributed by atoms with Gasteiger partial charge < -0.3 is 21.5 Å². The van der Waals surface area contributed by atoms with Crippen LogP contribution in [0.25, 0.3) is 0 Å². The third-order valence-electron chi connectivity index (χ3n) is 3.94. The van der Waals surface area contributed by atoms with E-state index in [4.69, 9.17) is 5.73 Å². The van der Waals surface area contributed by atoms with Crippen LogP contribution in [-0.4, -0.2) is 42.5 Å². The molecule has 20 heavy (non-hydrogen) atoms. The number of amides is 2. The van der Waals surface area contributed by atoms with Gasteiger partial charge in [0.1, 0.15) is 0 Å². The van der Waals surface area contributed by atoms with Crippen molar-refractivity contribution in [3.8, 4) is 0 Å². The van der Waals surface area contributed by atoms with E-state index in [-0.39, 0.29) is 19.6 Å². The second kappa shape index (κ2) is 7.23. The molecule has 0 aromatic carbocycles. The molecule has 0 heterocycles. The molecular formula is C13H23N3O4. The zero-order valence-corrected chi connectivity index (χ0v) is 11.8. The van der Waals surface area contributed by atoms with Gasteiger partial charge in [0, 0.05) is 6.54 Å². The van der Waals surface area contributed by atoms with Crippen LogP contribution in [0.15, 0.2) is 0 Å². The number of rotatable bonds is 6. The van der Waals surface area contributed by atoms with Gasteiger partial charge in [-0.15, -0.1) is 0 Å². The summed E-state index contributed by atoms with van der Waals surface area (Å²) in [6, 6.07) is 0. The monoisotopic (exact) mass is 285 g/mol. The topological polar surface area (TPSA) is 122 Å². The number of aliphatic carboxylic acids is 1. The first kappa shape index (κ1) is 16.4. The van der Waals surface area contributed by atoms with Crippen molar-refractivity contribution in [2.75, 3.05) is 19.6 Å². The molecule has 0 atom stereocenters. The lowest BCUT2D eigenvalue weighted by atomic mass is 9.71. The Morgan fingerprint density at radius 2 is 1.80 bits per heavy atom. The highest BCUT2D eigenvalue weighted by atomic mass is 16.4. The maximum atomic E-state index is 11.6. The van der Waals surface area contributed by atoms with Crippen LogP contribution in [-0.2, 0) is 14.4 Å². The van der Waals surface area contributed by atoms with Crippen LogP contribution >= 0.6 is 0 Å². The van der Waals surface area contributed by atoms with Crippen molar-refractivity contribution < 1.29 is 19.5 Å². The molecule has 1 saturated carbocycles. The van der Waals surface area contributed by atoms with Crippen molar-refractivity contribution in [2.24, 2.45) is 17.1 Å². The molecule has 114 valence electrons. The number of hydrogen-bond acceptors (Lipinski definition) is 4. The Hall–Kier alpha value is -1.63. The van der Waals surface area contributed by atoms with Crippen LogP contribution in [0.3, 0.4) is 0 Å². The Balaban J connectivity index is 2.45. The Morgan fingerprint density at radius 3 is 2.30 bits per heavy atom. The Bertz CT molecular complexity index is 376. The van der Waals surface area contributed by atoms with Gasteiger partial charge in [0.2, 0.25) is 11.8 Å². The minimum absolute atomic E-state index is 0.104. The zero-order chi connectivity index (χ0) is 15.2. The van der Waals surface area contributed by atoms with Crippen molar-refractivity contribution in [3.05, 3.63) is 0 Å². The van der Waals surface area contributed by atoms with Crippen LogP contribution < -0.4 is 16.4 Å². The molecule has 0 bridgehead atoms. The van der Waals surface area contributed by atoms with E-state index >= 15 is 0 Å². The van der Waals surface area contributed by atoms with Crippen LogP contribution in [0.5, 0.6) is 0 Å². The van der Waals surface area contributed by atoms with Gasteiger partial charge in [-0.05, 0) is 31.6 Å². The zero-order valence-electron chi connectivity index (χ0n) is 11.8. The van der Waals surface area contributed by atoms with Crippen molar-refractivity contribution >= 4 is 17.8 Å². The number of carboxylic acids is 1. The number of hydrogen-bond donors (Lipinski definition) is 4. The molecule has 5 N–H and O–H groups in total. The molecule has 0 unspecified atom stereocenters. The lowest BCUT2D eigenvalue weighted by Gasteiger charge is -2.35. The molecule has 2 amide bonds. The number of nitrogens with two attached hydrogens (primary N) is 1. The van der Waals surface area contributed by atoms with Crippen LogP contribution in [0.1, 0.15) is 32.6 Å². The standard InChI is InChI=1S/C13H23N3O4/c1-9-2-4-13(5-3-9,12(19)20)8-16-11(18)7-15-10(17)6-14/h9H,2-8,14H2,1H3,(H,15,17)(H,16,18)(H,19,20). The van der Waals surface area contributed by atoms with E-state index in [1.54, 1.807) is 0 Å². The van der Waals surface area contributed by atoms with Crippen LogP contribution in [0.2, 0.25) is 0 Å². The number of carbonyl (C=O) groups excluding carboxylic acids is 2. The van der Waals surface area contributed by atoms with Gasteiger partial charge in [-0.25, -0.2) is 0 Å². The van der Waals surface area contributed by atoms with E-state index < -0.39 is 23.2 Å². The van der Waals surface area contributed by atoms with Gasteiger partial charge in [-0.3, -0.25) is 14.4 Å². The van der Waals surface area contributed by atoms with Crippen LogP contribution in [0.4, 0.5) is 0 Å². The minimum Gasteiger partial charge on any atom is -0.481 e. The third kappa shape index (κ3) is 4.48. The van der Waals surface area contributed by atoms with Gasteiger partial charge in [-0.1, -0.05) is 6.92 Å². The first-order chi connectivity index (χ1) is 9.39. The van der Waals surface area contributed by atoms with Gasteiger partial charge in [0.25, 0.3) is 0 Å². The summed E-state index contributed by atoms with van der Waals surface area (Å²) in [6.45, 7) is 1.85. The Kier molecular flexibility index (Phi) is 5.94. The van der Waals surface area contributed by atoms with E-state index in [2.05, 4.69) is 17.6 Å². The Labute approximate surface area is 118 Å². The average molecular weight is 285 g/mol. The first-order valence-corrected chi connectivity index (χ1v) is 6.86. The van der Waals surface area contributed by atoms with Crippen LogP contribution in [0, 0.1) is 11.3 Å². The molecular weight excluding hydrogens is 262 g/mol. The molecule has 0 aromatic heterocycles. The average Bonchev–Trinajstić information content (AvgIpc) is 2.44. The predicted octanol–water partition coefficient (Wildman–Crippen LogP) is -0.541. The number of carbonyl (C=O) groups is 3. The summed E-state index contributed by atoms with van der Waals surface area (Å²) >= 11 is 0. The molecule has 1 rings (SSSR count). The van der Waals surface area contributed by atoms with Gasteiger partial charge in [-0.2, -0.15) is 0 Å². The number of carboxylic acid groups (broad SMARTS) is 1. The van der Waals surface area contributed by atoms with Crippen molar-refractivity contribution in [1.82, 2.24) is 10.6 Å². The quantitative estimate of drug-likeness (QED) is 0.522. The molecule has 0 spiro atoms. The smallest absolute Gasteiger partial charge is 0.311 e. The minimum atomic E-state index is -0.875. The highest BCUT2D eigenvalue weighted by Gasteiger charge is 2.41. The molecule has 7 nitrogen and oxygen atoms in total. The summed E-state index contributed by atoms with van der Waals surface area (Å²) in [5, 5.41) is 14.3. The molecule has 0 radical (unpaired) electrons. The predicted molar refractivity (Wildman–Crippen MR) is 72.8 cm³/mol. The highest BCUT2D eigenvalue weighted by molar-refractivity contribution is 5.86. The summed E-state index contributed by atoms with van der Waals surface area (Å²) in [6.07, 6.45) is 2.84. The molecule has 0 saturated heterocycles. The maximum absolute atomic E-state index is 11.6. The van der Waals surface area contributed by atoms with Crippen molar-refractivity contribution in [1.29, 1.82) is 0 Å². The maximum Gasteiger partial charge on any atom is 0.311 e. The molecule has 7 heteroatoms. The third-order valence-corrected chi connectivity index (χ3v) is 3.94. The Morgan fingerprint density at radius 1 is 1.20 bits per heavy atom. The summed E-state index contributed by atoms with van der Waals surface area (Å²) in [5.41, 5.74) is 4.23. The van der Waals surface area contributed by atoms with Gasteiger partial charge >= 0.3 is 5.97 Å². The van der Waals surface area contributed by atoms with Gasteiger partial charge in [0.15, 0.2) is 0 Å².